The van der Waals surface area contributed by atoms with Gasteiger partial charge in [-0.25, -0.2) is 4.98 Å². The molecule has 0 bridgehead atoms. The number of aryl methyl sites for hydroxylation is 1. The second-order valence-electron chi connectivity index (χ2n) is 6.08. The highest BCUT2D eigenvalue weighted by Gasteiger charge is 2.47. The van der Waals surface area contributed by atoms with Crippen molar-refractivity contribution >= 4 is 5.91 Å². The number of aromatic nitrogens is 1. The summed E-state index contributed by atoms with van der Waals surface area (Å²) in [6.45, 7) is 3.39. The molecule has 2 heterocycles. The first-order chi connectivity index (χ1) is 9.66. The molecule has 1 saturated heterocycles. The summed E-state index contributed by atoms with van der Waals surface area (Å²) in [5.41, 5.74) is 0.820. The van der Waals surface area contributed by atoms with Crippen molar-refractivity contribution < 1.29 is 13.9 Å². The van der Waals surface area contributed by atoms with Gasteiger partial charge in [0.15, 0.2) is 6.39 Å². The van der Waals surface area contributed by atoms with Crippen molar-refractivity contribution in [3.05, 3.63) is 17.8 Å². The Hall–Kier alpha value is -1.36. The first-order valence-electron chi connectivity index (χ1n) is 7.38. The molecule has 110 valence electrons. The van der Waals surface area contributed by atoms with Gasteiger partial charge in [-0.1, -0.05) is 6.42 Å². The van der Waals surface area contributed by atoms with Crippen LogP contribution in [0.5, 0.6) is 0 Å². The Morgan fingerprint density at radius 3 is 3.00 bits per heavy atom. The molecule has 5 heteroatoms. The standard InChI is InChI=1S/C15H22N2O3/c1-11-13(20-10-16-11)14(18)17-8-4-7-15(9-17)6-3-5-12(15)19-2/h10,12H,3-9H2,1-2H3/t12-,15-/m1/s1. The van der Waals surface area contributed by atoms with Crippen LogP contribution in [-0.4, -0.2) is 42.1 Å². The van der Waals surface area contributed by atoms with Gasteiger partial charge in [0.25, 0.3) is 5.91 Å². The second kappa shape index (κ2) is 5.20. The minimum Gasteiger partial charge on any atom is -0.438 e. The number of likely N-dealkylation sites (tertiary alicyclic amines) is 1. The summed E-state index contributed by atoms with van der Waals surface area (Å²) in [7, 11) is 1.79. The van der Waals surface area contributed by atoms with Crippen LogP contribution in [0.15, 0.2) is 10.8 Å². The summed E-state index contributed by atoms with van der Waals surface area (Å²) in [6.07, 6.45) is 7.29. The highest BCUT2D eigenvalue weighted by Crippen LogP contribution is 2.46. The van der Waals surface area contributed by atoms with Crippen molar-refractivity contribution in [2.75, 3.05) is 20.2 Å². The zero-order chi connectivity index (χ0) is 14.2. The third kappa shape index (κ3) is 2.14. The molecule has 1 aliphatic carbocycles. The van der Waals surface area contributed by atoms with E-state index in [1.165, 1.54) is 12.8 Å². The number of oxazole rings is 1. The van der Waals surface area contributed by atoms with E-state index in [1.54, 1.807) is 7.11 Å². The Morgan fingerprint density at radius 2 is 2.30 bits per heavy atom. The highest BCUT2D eigenvalue weighted by atomic mass is 16.5. The van der Waals surface area contributed by atoms with Crippen molar-refractivity contribution in [3.8, 4) is 0 Å². The van der Waals surface area contributed by atoms with Gasteiger partial charge in [0.1, 0.15) is 0 Å². The van der Waals surface area contributed by atoms with Crippen molar-refractivity contribution in [1.82, 2.24) is 9.88 Å². The van der Waals surface area contributed by atoms with Gasteiger partial charge in [-0.2, -0.15) is 0 Å². The molecule has 5 nitrogen and oxygen atoms in total. The largest absolute Gasteiger partial charge is 0.438 e. The summed E-state index contributed by atoms with van der Waals surface area (Å²) in [6, 6.07) is 0. The van der Waals surface area contributed by atoms with Crippen molar-refractivity contribution in [3.63, 3.8) is 0 Å². The lowest BCUT2D eigenvalue weighted by Gasteiger charge is -2.43. The smallest absolute Gasteiger partial charge is 0.291 e. The number of rotatable bonds is 2. The lowest BCUT2D eigenvalue weighted by Crippen LogP contribution is -2.49. The van der Waals surface area contributed by atoms with Crippen LogP contribution < -0.4 is 0 Å². The number of hydrogen-bond acceptors (Lipinski definition) is 4. The van der Waals surface area contributed by atoms with E-state index in [9.17, 15) is 4.79 Å². The zero-order valence-electron chi connectivity index (χ0n) is 12.2. The molecule has 1 aromatic heterocycles. The highest BCUT2D eigenvalue weighted by molar-refractivity contribution is 5.92. The van der Waals surface area contributed by atoms with Gasteiger partial charge < -0.3 is 14.1 Å². The monoisotopic (exact) mass is 278 g/mol. The molecule has 1 aliphatic heterocycles. The lowest BCUT2D eigenvalue weighted by molar-refractivity contribution is -0.0301. The number of carbonyl (C=O) groups excluding carboxylic acids is 1. The van der Waals surface area contributed by atoms with Crippen LogP contribution in [0.4, 0.5) is 0 Å². The van der Waals surface area contributed by atoms with Crippen LogP contribution in [-0.2, 0) is 4.74 Å². The molecule has 3 rings (SSSR count). The fourth-order valence-electron chi connectivity index (χ4n) is 3.93. The van der Waals surface area contributed by atoms with E-state index < -0.39 is 0 Å². The summed E-state index contributed by atoms with van der Waals surface area (Å²) < 4.78 is 10.9. The van der Waals surface area contributed by atoms with E-state index in [-0.39, 0.29) is 17.4 Å². The molecule has 0 unspecified atom stereocenters. The normalized spacial score (nSPS) is 30.1. The molecule has 2 aliphatic rings. The molecule has 2 atom stereocenters. The van der Waals surface area contributed by atoms with Gasteiger partial charge >= 0.3 is 0 Å². The van der Waals surface area contributed by atoms with E-state index in [0.717, 1.165) is 38.8 Å². The van der Waals surface area contributed by atoms with Gasteiger partial charge in [0.05, 0.1) is 11.8 Å². The molecule has 0 radical (unpaired) electrons. The molecule has 1 amide bonds. The van der Waals surface area contributed by atoms with Crippen LogP contribution in [0, 0.1) is 12.3 Å². The number of nitrogens with zero attached hydrogens (tertiary/aromatic N) is 2. The van der Waals surface area contributed by atoms with E-state index in [0.29, 0.717) is 11.5 Å². The maximum absolute atomic E-state index is 12.6. The van der Waals surface area contributed by atoms with E-state index in [1.807, 2.05) is 11.8 Å². The van der Waals surface area contributed by atoms with Crippen molar-refractivity contribution in [2.45, 2.75) is 45.1 Å². The SMILES string of the molecule is CO[C@@H]1CCC[C@]12CCCN(C(=O)c1ocnc1C)C2. The Kier molecular flexibility index (Phi) is 3.54. The molecule has 1 aromatic rings. The average Bonchev–Trinajstić information content (AvgIpc) is 3.04. The Morgan fingerprint density at radius 1 is 1.50 bits per heavy atom. The topological polar surface area (TPSA) is 55.6 Å². The fourth-order valence-corrected chi connectivity index (χ4v) is 3.93. The number of ether oxygens (including phenoxy) is 1. The maximum atomic E-state index is 12.6. The summed E-state index contributed by atoms with van der Waals surface area (Å²) >= 11 is 0. The van der Waals surface area contributed by atoms with Gasteiger partial charge in [0.2, 0.25) is 5.76 Å². The van der Waals surface area contributed by atoms with E-state index >= 15 is 0 Å². The summed E-state index contributed by atoms with van der Waals surface area (Å²) in [5, 5.41) is 0. The van der Waals surface area contributed by atoms with Gasteiger partial charge in [-0.05, 0) is 32.6 Å². The summed E-state index contributed by atoms with van der Waals surface area (Å²) in [4.78, 5) is 18.5. The molecule has 1 spiro atoms. The Bertz CT molecular complexity index is 499. The quantitative estimate of drug-likeness (QED) is 0.833. The molecule has 20 heavy (non-hydrogen) atoms. The minimum absolute atomic E-state index is 0.0270. The Balaban J connectivity index is 1.79. The van der Waals surface area contributed by atoms with Crippen LogP contribution in [0.3, 0.4) is 0 Å². The van der Waals surface area contributed by atoms with Crippen molar-refractivity contribution in [2.24, 2.45) is 5.41 Å². The molecular weight excluding hydrogens is 256 g/mol. The number of hydrogen-bond donors (Lipinski definition) is 0. The third-order valence-corrected chi connectivity index (χ3v) is 4.94. The lowest BCUT2D eigenvalue weighted by atomic mass is 9.76. The number of amides is 1. The molecule has 0 N–H and O–H groups in total. The second-order valence-corrected chi connectivity index (χ2v) is 6.08. The van der Waals surface area contributed by atoms with Crippen LogP contribution in [0.2, 0.25) is 0 Å². The van der Waals surface area contributed by atoms with Crippen LogP contribution >= 0.6 is 0 Å². The molecular formula is C15H22N2O3. The van der Waals surface area contributed by atoms with E-state index in [4.69, 9.17) is 9.15 Å². The third-order valence-electron chi connectivity index (χ3n) is 4.94. The molecule has 0 aromatic carbocycles. The van der Waals surface area contributed by atoms with Crippen LogP contribution in [0.25, 0.3) is 0 Å². The minimum atomic E-state index is -0.0270. The van der Waals surface area contributed by atoms with E-state index in [2.05, 4.69) is 4.98 Å². The number of piperidine rings is 1. The predicted octanol–water partition coefficient (Wildman–Crippen LogP) is 2.40. The first kappa shape index (κ1) is 13.6. The average molecular weight is 278 g/mol. The molecule has 1 saturated carbocycles. The zero-order valence-corrected chi connectivity index (χ0v) is 12.2. The fraction of sp³-hybridized carbons (Fsp3) is 0.733. The Labute approximate surface area is 119 Å². The van der Waals surface area contributed by atoms with Gasteiger partial charge in [0, 0.05) is 25.6 Å². The van der Waals surface area contributed by atoms with Gasteiger partial charge in [-0.15, -0.1) is 0 Å². The van der Waals surface area contributed by atoms with Crippen molar-refractivity contribution in [1.29, 1.82) is 0 Å². The first-order valence-corrected chi connectivity index (χ1v) is 7.38. The molecule has 2 fully saturated rings. The van der Waals surface area contributed by atoms with Crippen LogP contribution in [0.1, 0.15) is 48.4 Å². The predicted molar refractivity (Wildman–Crippen MR) is 73.5 cm³/mol. The maximum Gasteiger partial charge on any atom is 0.291 e. The number of carbonyl (C=O) groups is 1. The summed E-state index contributed by atoms with van der Waals surface area (Å²) in [5.74, 6) is 0.356. The van der Waals surface area contributed by atoms with Gasteiger partial charge in [-0.3, -0.25) is 4.79 Å². The number of methoxy groups -OCH3 is 1.